The van der Waals surface area contributed by atoms with Crippen molar-refractivity contribution in [3.05, 3.63) is 52.5 Å². The maximum atomic E-state index is 12.0. The number of hydrogen-bond acceptors (Lipinski definition) is 4. The highest BCUT2D eigenvalue weighted by atomic mass is 35.5. The lowest BCUT2D eigenvalue weighted by atomic mass is 10.3. The predicted molar refractivity (Wildman–Crippen MR) is 72.4 cm³/mol. The Morgan fingerprint density at radius 1 is 1.00 bits per heavy atom. The summed E-state index contributed by atoms with van der Waals surface area (Å²) in [5.74, 6) is 0.0816. The van der Waals surface area contributed by atoms with Gasteiger partial charge in [-0.3, -0.25) is 0 Å². The third-order valence-corrected chi connectivity index (χ3v) is 4.17. The van der Waals surface area contributed by atoms with Crippen molar-refractivity contribution in [1.82, 2.24) is 0 Å². The molecule has 0 aliphatic heterocycles. The lowest BCUT2D eigenvalue weighted by Crippen LogP contribution is -2.10. The summed E-state index contributed by atoms with van der Waals surface area (Å²) >= 11 is 11.5. The average molecular weight is 319 g/mol. The van der Waals surface area contributed by atoms with E-state index in [1.807, 2.05) is 0 Å². The van der Waals surface area contributed by atoms with Crippen LogP contribution in [0.5, 0.6) is 11.5 Å². The molecule has 0 fully saturated rings. The summed E-state index contributed by atoms with van der Waals surface area (Å²) < 4.78 is 28.9. The minimum Gasteiger partial charge on any atom is -0.508 e. The molecule has 0 heterocycles. The Labute approximate surface area is 120 Å². The zero-order chi connectivity index (χ0) is 14.0. The molecular formula is C12H8Cl2O4S. The van der Waals surface area contributed by atoms with Gasteiger partial charge in [-0.2, -0.15) is 8.42 Å². The van der Waals surface area contributed by atoms with Crippen molar-refractivity contribution in [3.63, 3.8) is 0 Å². The summed E-state index contributed by atoms with van der Waals surface area (Å²) in [7, 11) is -4.05. The van der Waals surface area contributed by atoms with Gasteiger partial charge in [-0.1, -0.05) is 23.2 Å². The second-order valence-corrected chi connectivity index (χ2v) is 5.96. The molecule has 4 nitrogen and oxygen atoms in total. The SMILES string of the molecule is O=S(=O)(Oc1ccc(O)cc1)c1ccc(Cl)cc1Cl. The maximum Gasteiger partial charge on any atom is 0.340 e. The second kappa shape index (κ2) is 5.28. The molecule has 2 rings (SSSR count). The minimum absolute atomic E-state index is 0.00859. The molecule has 0 bridgehead atoms. The van der Waals surface area contributed by atoms with E-state index in [-0.39, 0.29) is 21.4 Å². The van der Waals surface area contributed by atoms with E-state index in [0.717, 1.165) is 0 Å². The predicted octanol–water partition coefficient (Wildman–Crippen LogP) is 3.47. The average Bonchev–Trinajstić information content (AvgIpc) is 2.31. The molecule has 0 aliphatic rings. The standard InChI is InChI=1S/C12H8Cl2O4S/c13-8-1-6-12(11(14)7-8)19(16,17)18-10-4-2-9(15)3-5-10/h1-7,15H. The lowest BCUT2D eigenvalue weighted by molar-refractivity contribution is 0.468. The molecule has 0 saturated heterocycles. The van der Waals surface area contributed by atoms with Gasteiger partial charge in [0.2, 0.25) is 0 Å². The zero-order valence-electron chi connectivity index (χ0n) is 9.38. The Balaban J connectivity index is 2.35. The molecule has 0 amide bonds. The van der Waals surface area contributed by atoms with Gasteiger partial charge in [0.25, 0.3) is 0 Å². The Morgan fingerprint density at radius 3 is 2.21 bits per heavy atom. The molecule has 2 aromatic rings. The molecule has 0 saturated carbocycles. The molecule has 0 unspecified atom stereocenters. The van der Waals surface area contributed by atoms with Crippen LogP contribution in [0.1, 0.15) is 0 Å². The molecule has 2 aromatic carbocycles. The van der Waals surface area contributed by atoms with E-state index in [2.05, 4.69) is 0 Å². The summed E-state index contributed by atoms with van der Waals surface area (Å²) in [5, 5.41) is 9.41. The van der Waals surface area contributed by atoms with Crippen molar-refractivity contribution in [2.45, 2.75) is 4.90 Å². The van der Waals surface area contributed by atoms with Crippen LogP contribution < -0.4 is 4.18 Å². The van der Waals surface area contributed by atoms with E-state index in [4.69, 9.17) is 32.5 Å². The summed E-state index contributed by atoms with van der Waals surface area (Å²) in [4.78, 5) is -0.174. The zero-order valence-corrected chi connectivity index (χ0v) is 11.7. The largest absolute Gasteiger partial charge is 0.508 e. The molecule has 7 heteroatoms. The molecule has 0 radical (unpaired) electrons. The third-order valence-electron chi connectivity index (χ3n) is 2.21. The first-order valence-corrected chi connectivity index (χ1v) is 7.23. The number of benzene rings is 2. The van der Waals surface area contributed by atoms with Crippen LogP contribution in [0.3, 0.4) is 0 Å². The van der Waals surface area contributed by atoms with Crippen molar-refractivity contribution in [1.29, 1.82) is 0 Å². The van der Waals surface area contributed by atoms with Crippen molar-refractivity contribution < 1.29 is 17.7 Å². The van der Waals surface area contributed by atoms with Gasteiger partial charge in [0.15, 0.2) is 0 Å². The topological polar surface area (TPSA) is 63.6 Å². The van der Waals surface area contributed by atoms with E-state index in [1.54, 1.807) is 0 Å². The lowest BCUT2D eigenvalue weighted by Gasteiger charge is -2.08. The summed E-state index contributed by atoms with van der Waals surface area (Å²) in [5.41, 5.74) is 0. The Hall–Kier alpha value is -1.43. The second-order valence-electron chi connectivity index (χ2n) is 3.61. The molecule has 0 atom stereocenters. The molecule has 0 aliphatic carbocycles. The highest BCUT2D eigenvalue weighted by Crippen LogP contribution is 2.28. The molecule has 0 spiro atoms. The molecule has 100 valence electrons. The number of rotatable bonds is 3. The van der Waals surface area contributed by atoms with E-state index in [0.29, 0.717) is 5.02 Å². The van der Waals surface area contributed by atoms with Crippen LogP contribution in [0, 0.1) is 0 Å². The van der Waals surface area contributed by atoms with Crippen LogP contribution in [-0.4, -0.2) is 13.5 Å². The van der Waals surface area contributed by atoms with Crippen LogP contribution >= 0.6 is 23.2 Å². The quantitative estimate of drug-likeness (QED) is 0.880. The molecule has 19 heavy (non-hydrogen) atoms. The van der Waals surface area contributed by atoms with Crippen molar-refractivity contribution in [2.24, 2.45) is 0 Å². The van der Waals surface area contributed by atoms with Crippen molar-refractivity contribution in [2.75, 3.05) is 0 Å². The Morgan fingerprint density at radius 2 is 1.63 bits per heavy atom. The number of phenols is 1. The maximum absolute atomic E-state index is 12.0. The minimum atomic E-state index is -4.05. The van der Waals surface area contributed by atoms with Crippen molar-refractivity contribution in [3.8, 4) is 11.5 Å². The van der Waals surface area contributed by atoms with Crippen LogP contribution in [0.15, 0.2) is 47.4 Å². The molecule has 0 aromatic heterocycles. The summed E-state index contributed by atoms with van der Waals surface area (Å²) in [6, 6.07) is 9.27. The van der Waals surface area contributed by atoms with Gasteiger partial charge in [-0.15, -0.1) is 0 Å². The number of hydrogen-bond donors (Lipinski definition) is 1. The number of halogens is 2. The van der Waals surface area contributed by atoms with Crippen LogP contribution in [-0.2, 0) is 10.1 Å². The van der Waals surface area contributed by atoms with Crippen LogP contribution in [0.2, 0.25) is 10.0 Å². The van der Waals surface area contributed by atoms with Gasteiger partial charge in [0.05, 0.1) is 5.02 Å². The van der Waals surface area contributed by atoms with E-state index >= 15 is 0 Å². The van der Waals surface area contributed by atoms with E-state index in [1.165, 1.54) is 42.5 Å². The van der Waals surface area contributed by atoms with E-state index in [9.17, 15) is 8.42 Å². The fraction of sp³-hybridized carbons (Fsp3) is 0. The highest BCUT2D eigenvalue weighted by molar-refractivity contribution is 7.87. The van der Waals surface area contributed by atoms with Gasteiger partial charge in [-0.25, -0.2) is 0 Å². The Bertz CT molecular complexity index is 696. The van der Waals surface area contributed by atoms with Gasteiger partial charge in [0.1, 0.15) is 16.4 Å². The third kappa shape index (κ3) is 3.32. The van der Waals surface area contributed by atoms with Crippen LogP contribution in [0.4, 0.5) is 0 Å². The van der Waals surface area contributed by atoms with Gasteiger partial charge >= 0.3 is 10.1 Å². The number of phenolic OH excluding ortho intramolecular Hbond substituents is 1. The molecular weight excluding hydrogens is 311 g/mol. The van der Waals surface area contributed by atoms with Gasteiger partial charge < -0.3 is 9.29 Å². The normalized spacial score (nSPS) is 11.3. The fourth-order valence-corrected chi connectivity index (χ4v) is 3.03. The Kier molecular flexibility index (Phi) is 3.89. The first-order valence-electron chi connectivity index (χ1n) is 5.07. The van der Waals surface area contributed by atoms with Crippen LogP contribution in [0.25, 0.3) is 0 Å². The highest BCUT2D eigenvalue weighted by Gasteiger charge is 2.20. The smallest absolute Gasteiger partial charge is 0.340 e. The first kappa shape index (κ1) is 14.0. The van der Waals surface area contributed by atoms with Gasteiger partial charge in [0, 0.05) is 5.02 Å². The fourth-order valence-electron chi connectivity index (χ4n) is 1.35. The van der Waals surface area contributed by atoms with Gasteiger partial charge in [-0.05, 0) is 42.5 Å². The monoisotopic (exact) mass is 318 g/mol. The van der Waals surface area contributed by atoms with Crippen molar-refractivity contribution >= 4 is 33.3 Å². The summed E-state index contributed by atoms with van der Waals surface area (Å²) in [6.07, 6.45) is 0. The number of aromatic hydroxyl groups is 1. The molecule has 1 N–H and O–H groups in total. The van der Waals surface area contributed by atoms with E-state index < -0.39 is 10.1 Å². The first-order chi connectivity index (χ1) is 8.88. The summed E-state index contributed by atoms with van der Waals surface area (Å²) in [6.45, 7) is 0.